The molecule has 1 aliphatic rings. The molecule has 0 saturated heterocycles. The first-order chi connectivity index (χ1) is 8.22. The van der Waals surface area contributed by atoms with Gasteiger partial charge in [-0.15, -0.1) is 0 Å². The van der Waals surface area contributed by atoms with Crippen LogP contribution in [0.15, 0.2) is 0 Å². The Balaban J connectivity index is 2.37. The van der Waals surface area contributed by atoms with Crippen molar-refractivity contribution in [3.05, 3.63) is 0 Å². The Labute approximate surface area is 107 Å². The largest absolute Gasteiger partial charge is 0.385 e. The lowest BCUT2D eigenvalue weighted by Gasteiger charge is -2.35. The van der Waals surface area contributed by atoms with E-state index in [-0.39, 0.29) is 0 Å². The standard InChI is InChI=1S/C14H30N2O/c1-16(10-7-11-17-2)13-14(12-15)8-5-3-4-6-9-14/h3-13,15H2,1-2H3. The van der Waals surface area contributed by atoms with Crippen LogP contribution in [0.25, 0.3) is 0 Å². The monoisotopic (exact) mass is 242 g/mol. The quantitative estimate of drug-likeness (QED) is 0.550. The lowest BCUT2D eigenvalue weighted by Crippen LogP contribution is -2.41. The first-order valence-electron chi connectivity index (χ1n) is 7.10. The summed E-state index contributed by atoms with van der Waals surface area (Å²) in [7, 11) is 3.99. The molecule has 0 aliphatic heterocycles. The maximum Gasteiger partial charge on any atom is 0.0474 e. The number of hydrogen-bond donors (Lipinski definition) is 1. The van der Waals surface area contributed by atoms with E-state index in [1.54, 1.807) is 7.11 Å². The lowest BCUT2D eigenvalue weighted by molar-refractivity contribution is 0.137. The summed E-state index contributed by atoms with van der Waals surface area (Å²) in [5.74, 6) is 0. The molecule has 0 atom stereocenters. The maximum atomic E-state index is 6.06. The van der Waals surface area contributed by atoms with Gasteiger partial charge in [0.15, 0.2) is 0 Å². The topological polar surface area (TPSA) is 38.5 Å². The molecule has 17 heavy (non-hydrogen) atoms. The van der Waals surface area contributed by atoms with E-state index in [0.29, 0.717) is 5.41 Å². The van der Waals surface area contributed by atoms with Crippen molar-refractivity contribution in [2.24, 2.45) is 11.1 Å². The molecule has 1 rings (SSSR count). The summed E-state index contributed by atoms with van der Waals surface area (Å²) in [5, 5.41) is 0. The summed E-state index contributed by atoms with van der Waals surface area (Å²) in [6.45, 7) is 3.99. The van der Waals surface area contributed by atoms with Gasteiger partial charge in [0.25, 0.3) is 0 Å². The summed E-state index contributed by atoms with van der Waals surface area (Å²) in [5.41, 5.74) is 6.45. The average molecular weight is 242 g/mol. The Kier molecular flexibility index (Phi) is 7.09. The minimum atomic E-state index is 0.387. The zero-order valence-electron chi connectivity index (χ0n) is 11.7. The van der Waals surface area contributed by atoms with E-state index in [2.05, 4.69) is 11.9 Å². The predicted octanol–water partition coefficient (Wildman–Crippen LogP) is 2.25. The molecule has 0 aromatic heterocycles. The molecule has 0 spiro atoms. The highest BCUT2D eigenvalue weighted by Gasteiger charge is 2.30. The third-order valence-corrected chi connectivity index (χ3v) is 4.09. The number of rotatable bonds is 7. The summed E-state index contributed by atoms with van der Waals surface area (Å²) >= 11 is 0. The normalized spacial score (nSPS) is 20.5. The Hall–Kier alpha value is -0.120. The molecule has 0 radical (unpaired) electrons. The second-order valence-electron chi connectivity index (χ2n) is 5.70. The molecule has 1 aliphatic carbocycles. The van der Waals surface area contributed by atoms with Crippen LogP contribution in [0, 0.1) is 5.41 Å². The zero-order valence-corrected chi connectivity index (χ0v) is 11.7. The fourth-order valence-electron chi connectivity index (χ4n) is 3.04. The van der Waals surface area contributed by atoms with E-state index in [4.69, 9.17) is 10.5 Å². The van der Waals surface area contributed by atoms with Crippen LogP contribution in [-0.4, -0.2) is 45.3 Å². The Morgan fingerprint density at radius 3 is 2.35 bits per heavy atom. The van der Waals surface area contributed by atoms with Crippen molar-refractivity contribution in [2.45, 2.75) is 44.9 Å². The molecule has 3 nitrogen and oxygen atoms in total. The minimum absolute atomic E-state index is 0.387. The van der Waals surface area contributed by atoms with Gasteiger partial charge in [-0.3, -0.25) is 0 Å². The Morgan fingerprint density at radius 2 is 1.82 bits per heavy atom. The van der Waals surface area contributed by atoms with Crippen LogP contribution < -0.4 is 5.73 Å². The van der Waals surface area contributed by atoms with E-state index in [1.165, 1.54) is 38.5 Å². The van der Waals surface area contributed by atoms with Gasteiger partial charge >= 0.3 is 0 Å². The Bertz CT molecular complexity index is 189. The van der Waals surface area contributed by atoms with Crippen molar-refractivity contribution in [1.82, 2.24) is 4.90 Å². The van der Waals surface area contributed by atoms with Crippen LogP contribution in [0.3, 0.4) is 0 Å². The van der Waals surface area contributed by atoms with Gasteiger partial charge in [0.1, 0.15) is 0 Å². The van der Waals surface area contributed by atoms with E-state index in [1.807, 2.05) is 0 Å². The van der Waals surface area contributed by atoms with Crippen LogP contribution >= 0.6 is 0 Å². The minimum Gasteiger partial charge on any atom is -0.385 e. The van der Waals surface area contributed by atoms with Gasteiger partial charge in [0.05, 0.1) is 0 Å². The number of nitrogens with zero attached hydrogens (tertiary/aromatic N) is 1. The van der Waals surface area contributed by atoms with E-state index < -0.39 is 0 Å². The molecule has 2 N–H and O–H groups in total. The molecule has 0 unspecified atom stereocenters. The average Bonchev–Trinajstić information content (AvgIpc) is 2.56. The number of hydrogen-bond acceptors (Lipinski definition) is 3. The summed E-state index contributed by atoms with van der Waals surface area (Å²) in [6, 6.07) is 0. The van der Waals surface area contributed by atoms with Crippen molar-refractivity contribution < 1.29 is 4.74 Å². The number of methoxy groups -OCH3 is 1. The molecule has 0 heterocycles. The first kappa shape index (κ1) is 14.9. The lowest BCUT2D eigenvalue weighted by atomic mass is 9.80. The van der Waals surface area contributed by atoms with Gasteiger partial charge in [-0.25, -0.2) is 0 Å². The van der Waals surface area contributed by atoms with Crippen LogP contribution in [0.5, 0.6) is 0 Å². The third-order valence-electron chi connectivity index (χ3n) is 4.09. The summed E-state index contributed by atoms with van der Waals surface area (Å²) < 4.78 is 5.10. The van der Waals surface area contributed by atoms with E-state index in [9.17, 15) is 0 Å². The highest BCUT2D eigenvalue weighted by atomic mass is 16.5. The van der Waals surface area contributed by atoms with Crippen molar-refractivity contribution in [3.8, 4) is 0 Å². The third kappa shape index (κ3) is 5.36. The van der Waals surface area contributed by atoms with Crippen LogP contribution in [0.4, 0.5) is 0 Å². The second kappa shape index (κ2) is 8.06. The van der Waals surface area contributed by atoms with E-state index >= 15 is 0 Å². The van der Waals surface area contributed by atoms with Crippen LogP contribution in [0.1, 0.15) is 44.9 Å². The van der Waals surface area contributed by atoms with Crippen LogP contribution in [-0.2, 0) is 4.74 Å². The predicted molar refractivity (Wildman–Crippen MR) is 73.2 cm³/mol. The van der Waals surface area contributed by atoms with Gasteiger partial charge in [-0.1, -0.05) is 25.7 Å². The number of nitrogens with two attached hydrogens (primary N) is 1. The molecule has 0 aromatic carbocycles. The molecule has 3 heteroatoms. The molecule has 102 valence electrons. The van der Waals surface area contributed by atoms with Crippen LogP contribution in [0.2, 0.25) is 0 Å². The van der Waals surface area contributed by atoms with Gasteiger partial charge in [0, 0.05) is 26.8 Å². The zero-order chi connectivity index (χ0) is 12.6. The Morgan fingerprint density at radius 1 is 1.18 bits per heavy atom. The molecule has 1 fully saturated rings. The van der Waals surface area contributed by atoms with Gasteiger partial charge in [-0.2, -0.15) is 0 Å². The van der Waals surface area contributed by atoms with E-state index in [0.717, 1.165) is 32.7 Å². The highest BCUT2D eigenvalue weighted by molar-refractivity contribution is 4.85. The van der Waals surface area contributed by atoms with Crippen molar-refractivity contribution in [1.29, 1.82) is 0 Å². The van der Waals surface area contributed by atoms with Gasteiger partial charge < -0.3 is 15.4 Å². The second-order valence-corrected chi connectivity index (χ2v) is 5.70. The molecule has 0 amide bonds. The molecule has 1 saturated carbocycles. The first-order valence-corrected chi connectivity index (χ1v) is 7.10. The van der Waals surface area contributed by atoms with Crippen molar-refractivity contribution >= 4 is 0 Å². The van der Waals surface area contributed by atoms with Gasteiger partial charge in [-0.05, 0) is 38.3 Å². The molecule has 0 aromatic rings. The molecule has 0 bridgehead atoms. The van der Waals surface area contributed by atoms with Crippen molar-refractivity contribution in [3.63, 3.8) is 0 Å². The summed E-state index contributed by atoms with van der Waals surface area (Å²) in [6.07, 6.45) is 9.28. The van der Waals surface area contributed by atoms with Gasteiger partial charge in [0.2, 0.25) is 0 Å². The fourth-order valence-corrected chi connectivity index (χ4v) is 3.04. The smallest absolute Gasteiger partial charge is 0.0474 e. The maximum absolute atomic E-state index is 6.06. The van der Waals surface area contributed by atoms with Crippen molar-refractivity contribution in [2.75, 3.05) is 40.4 Å². The highest BCUT2D eigenvalue weighted by Crippen LogP contribution is 2.34. The molecular formula is C14H30N2O. The summed E-state index contributed by atoms with van der Waals surface area (Å²) in [4.78, 5) is 2.44. The SMILES string of the molecule is COCCCN(C)CC1(CN)CCCCCC1. The molecular weight excluding hydrogens is 212 g/mol. The fraction of sp³-hybridized carbons (Fsp3) is 1.00. The number of ether oxygens (including phenoxy) is 1.